The van der Waals surface area contributed by atoms with Crippen molar-refractivity contribution < 1.29 is 83.5 Å². The van der Waals surface area contributed by atoms with E-state index in [1.54, 1.807) is 0 Å². The van der Waals surface area contributed by atoms with Crippen molar-refractivity contribution in [2.45, 2.75) is 106 Å². The van der Waals surface area contributed by atoms with Crippen molar-refractivity contribution in [1.82, 2.24) is 47.4 Å². The minimum Gasteiger partial charge on any atom is -0.508 e. The zero-order valence-corrected chi connectivity index (χ0v) is 57.0. The number of aliphatic hydroxyl groups is 1. The van der Waals surface area contributed by atoms with Crippen LogP contribution in [-0.2, 0) is 46.5 Å². The quantitative estimate of drug-likeness (QED) is 0.0689. The molecule has 103 heavy (non-hydrogen) atoms. The molecule has 0 radical (unpaired) electrons. The fourth-order valence-corrected chi connectivity index (χ4v) is 16.1. The number of phenols is 6. The normalized spacial score (nSPS) is 25.6. The number of benzene rings is 7. The van der Waals surface area contributed by atoms with Crippen LogP contribution >= 0.6 is 23.2 Å². The van der Waals surface area contributed by atoms with E-state index in [9.17, 15) is 45.3 Å². The molecule has 4 saturated carbocycles. The average molecular weight is 1450 g/mol. The van der Waals surface area contributed by atoms with Gasteiger partial charge in [-0.05, 0) is 201 Å². The van der Waals surface area contributed by atoms with Gasteiger partial charge in [0.15, 0.2) is 23.0 Å². The highest BCUT2D eigenvalue weighted by Gasteiger charge is 2.49. The first-order valence-corrected chi connectivity index (χ1v) is 34.5. The van der Waals surface area contributed by atoms with E-state index in [0.29, 0.717) is 42.2 Å². The zero-order chi connectivity index (χ0) is 72.6. The first-order valence-electron chi connectivity index (χ1n) is 33.8. The summed E-state index contributed by atoms with van der Waals surface area (Å²) in [7, 11) is 3.68. The van der Waals surface area contributed by atoms with E-state index < -0.39 is 136 Å². The molecule has 10 aliphatic rings. The molecule has 0 saturated heterocycles. The van der Waals surface area contributed by atoms with Gasteiger partial charge in [0, 0.05) is 42.7 Å². The lowest BCUT2D eigenvalue weighted by atomic mass is 9.54. The van der Waals surface area contributed by atoms with E-state index in [0.717, 1.165) is 56.0 Å². The van der Waals surface area contributed by atoms with E-state index >= 15 is 24.0 Å². The van der Waals surface area contributed by atoms with Gasteiger partial charge in [-0.2, -0.15) is 0 Å². The molecule has 0 spiro atoms. The molecule has 6 aliphatic heterocycles. The Bertz CT molecular complexity index is 4630. The number of aliphatic hydroxyl groups excluding tert-OH is 1. The zero-order valence-electron chi connectivity index (χ0n) is 55.5. The maximum atomic E-state index is 16.2. The molecule has 536 valence electrons. The number of fused-ring (bicyclic) bond motifs is 14. The first kappa shape index (κ1) is 69.5. The van der Waals surface area contributed by atoms with Crippen LogP contribution in [0.4, 0.5) is 0 Å². The van der Waals surface area contributed by atoms with Crippen molar-refractivity contribution >= 4 is 64.6 Å². The highest BCUT2D eigenvalue weighted by Crippen LogP contribution is 2.55. The van der Waals surface area contributed by atoms with E-state index in [2.05, 4.69) is 42.5 Å². The lowest BCUT2D eigenvalue weighted by Crippen LogP contribution is -2.56. The number of halogens is 2. The van der Waals surface area contributed by atoms with Crippen LogP contribution in [0.15, 0.2) is 109 Å². The second-order valence-corrected chi connectivity index (χ2v) is 28.6. The molecule has 7 aromatic carbocycles. The number of carbonyl (C=O) groups is 7. The lowest BCUT2D eigenvalue weighted by molar-refractivity contribution is -0.137. The van der Waals surface area contributed by atoms with Gasteiger partial charge in [0.2, 0.25) is 47.1 Å². The second-order valence-electron chi connectivity index (χ2n) is 27.8. The van der Waals surface area contributed by atoms with Crippen LogP contribution in [0.1, 0.15) is 119 Å². The Morgan fingerprint density at radius 3 is 1.83 bits per heavy atom. The predicted molar refractivity (Wildman–Crippen MR) is 371 cm³/mol. The van der Waals surface area contributed by atoms with Crippen LogP contribution in [0.5, 0.6) is 69.0 Å². The molecule has 6 heterocycles. The van der Waals surface area contributed by atoms with Crippen molar-refractivity contribution in [2.24, 2.45) is 29.4 Å². The molecule has 4 fully saturated rings. The van der Waals surface area contributed by atoms with E-state index in [1.807, 2.05) is 19.0 Å². The molecular weight excluding hydrogens is 1370 g/mol. The molecule has 0 unspecified atom stereocenters. The topological polar surface area (TPSA) is 414 Å². The molecule has 8 atom stereocenters. The number of amides is 7. The van der Waals surface area contributed by atoms with Gasteiger partial charge < -0.3 is 103 Å². The van der Waals surface area contributed by atoms with Crippen molar-refractivity contribution in [2.75, 3.05) is 27.2 Å². The third-order valence-electron chi connectivity index (χ3n) is 20.6. The highest BCUT2D eigenvalue weighted by molar-refractivity contribution is 6.32. The van der Waals surface area contributed by atoms with Gasteiger partial charge in [-0.3, -0.25) is 33.6 Å². The summed E-state index contributed by atoms with van der Waals surface area (Å²) in [6, 6.07) is 9.06. The number of phenolic OH excluding ortho intramolecular Hbond substituents is 6. The summed E-state index contributed by atoms with van der Waals surface area (Å²) in [6.07, 6.45) is 3.33. The Morgan fingerprint density at radius 2 is 1.17 bits per heavy atom. The number of rotatable bonds is 8. The smallest absolute Gasteiger partial charge is 0.248 e. The third-order valence-corrected chi connectivity index (χ3v) is 21.2. The molecule has 0 aromatic heterocycles. The third kappa shape index (κ3) is 13.9. The largest absolute Gasteiger partial charge is 0.508 e. The van der Waals surface area contributed by atoms with Gasteiger partial charge in [0.1, 0.15) is 88.6 Å². The Kier molecular flexibility index (Phi) is 18.9. The summed E-state index contributed by atoms with van der Waals surface area (Å²) in [4.78, 5) is 110. The molecule has 29 heteroatoms. The molecule has 17 N–H and O–H groups in total. The summed E-state index contributed by atoms with van der Waals surface area (Å²) >= 11 is 14.0. The Hall–Kier alpha value is -10.6. The summed E-state index contributed by atoms with van der Waals surface area (Å²) < 4.78 is 18.7. The molecule has 4 aliphatic carbocycles. The number of carbonyl (C=O) groups excluding carboxylic acids is 7. The van der Waals surface area contributed by atoms with Crippen LogP contribution in [0, 0.1) is 23.7 Å². The minimum absolute atomic E-state index is 0.0361. The second kappa shape index (κ2) is 28.0. The molecular formula is C74H74Cl2N10O17. The number of nitrogens with zero attached hydrogens (tertiary/aromatic N) is 1. The fourth-order valence-electron chi connectivity index (χ4n) is 15.7. The van der Waals surface area contributed by atoms with Crippen LogP contribution < -0.4 is 62.5 Å². The predicted octanol–water partition coefficient (Wildman–Crippen LogP) is 6.88. The SMILES string of the molecule is CN(C)CCCNC(=O)[C@H]1NC(=O)[C@H]2NC(=O)[C@H](NC(=O)[C@@H]3NC(=O)[C@H]4NC(=O)[C@@H](Cc5ccc(c(Cl)c5)Oc5cc3cc(c5O)Oc3ccc(cc3Cl)[C@H]2O)NC(=O)[C@H](N)c2ccc(O)c(c2)Oc2cc(O)cc4c2)c2ccc(O)c(c2)-c2c1cc(O)c(CNC1C3CC4CC(C3)CC1C4)c2O. The maximum absolute atomic E-state index is 16.2. The van der Waals surface area contributed by atoms with Gasteiger partial charge in [0.05, 0.1) is 15.6 Å². The summed E-state index contributed by atoms with van der Waals surface area (Å²) in [6.45, 7) is 0.485. The number of nitrogens with one attached hydrogen (secondary N) is 8. The van der Waals surface area contributed by atoms with Crippen molar-refractivity contribution in [3.05, 3.63) is 164 Å². The van der Waals surface area contributed by atoms with Gasteiger partial charge in [-0.15, -0.1) is 0 Å². The number of hydrogen-bond donors (Lipinski definition) is 16. The van der Waals surface area contributed by atoms with Crippen LogP contribution in [0.25, 0.3) is 11.1 Å². The maximum Gasteiger partial charge on any atom is 0.248 e. The summed E-state index contributed by atoms with van der Waals surface area (Å²) in [5, 5.41) is 107. The van der Waals surface area contributed by atoms with Gasteiger partial charge >= 0.3 is 0 Å². The highest BCUT2D eigenvalue weighted by atomic mass is 35.5. The van der Waals surface area contributed by atoms with Gasteiger partial charge in [-0.25, -0.2) is 0 Å². The number of aromatic hydroxyl groups is 6. The number of hydrogen-bond acceptors (Lipinski definition) is 20. The van der Waals surface area contributed by atoms with Crippen molar-refractivity contribution in [3.63, 3.8) is 0 Å². The van der Waals surface area contributed by atoms with E-state index in [1.165, 1.54) is 85.3 Å². The molecule has 21 bridgehead atoms. The lowest BCUT2D eigenvalue weighted by Gasteiger charge is -2.54. The van der Waals surface area contributed by atoms with Gasteiger partial charge in [0.25, 0.3) is 0 Å². The summed E-state index contributed by atoms with van der Waals surface area (Å²) in [5.74, 6) is -11.1. The summed E-state index contributed by atoms with van der Waals surface area (Å²) in [5.41, 5.74) is 5.25. The molecule has 7 amide bonds. The van der Waals surface area contributed by atoms with E-state index in [-0.39, 0.29) is 109 Å². The molecule has 27 nitrogen and oxygen atoms in total. The fraction of sp³-hybridized carbons (Fsp3) is 0.338. The van der Waals surface area contributed by atoms with E-state index in [4.69, 9.17) is 43.1 Å². The number of ether oxygens (including phenoxy) is 3. The van der Waals surface area contributed by atoms with Crippen molar-refractivity contribution in [3.8, 4) is 80.1 Å². The monoisotopic (exact) mass is 1440 g/mol. The Labute approximate surface area is 599 Å². The standard InChI is InChI=1S/C74H74Cl2N10O17/c1-86(2)13-3-12-78-70(96)63-44-29-51(90)45(30-79-59-37-15-32-14-33(17-37)18-38(59)16-32)66(92)57(44)43-23-35(6-8-49(43)88)60-71(97)85-64(74(100)84-63)65(91)36-7-11-53(47(76)24-36)103-56-27-40-26-55(67(56)93)102-52-10-4-31(19-46(52)75)20-48-68(94)81-61(72(98)83-62(40)73(99)82-60)39-21-41(87)28-42(22-39)101-54-25-34(5-9-50(54)89)58(77)69(95)80-48/h4-11,19,21-29,32-33,37-38,48,58-65,79,87-93H,3,12-18,20,30,77H2,1-2H3,(H,78,96)(H,80,95)(H,81,94)(H,82,99)(H,83,98)(H,84,100)(H,85,97)/t32?,33?,37?,38?,48-,58-,59?,60-,61+,62-,63+,64+,65-/m1/s1. The number of nitrogens with two attached hydrogens (primary N) is 1. The first-order chi connectivity index (χ1) is 49.3. The average Bonchev–Trinajstić information content (AvgIpc) is 0.762. The Morgan fingerprint density at radius 1 is 0.563 bits per heavy atom. The van der Waals surface area contributed by atoms with Crippen LogP contribution in [0.2, 0.25) is 10.0 Å². The minimum atomic E-state index is -2.16. The van der Waals surface area contributed by atoms with Gasteiger partial charge in [-0.1, -0.05) is 47.5 Å². The van der Waals surface area contributed by atoms with Crippen LogP contribution in [0.3, 0.4) is 0 Å². The molecule has 7 aromatic rings. The van der Waals surface area contributed by atoms with Crippen LogP contribution in [-0.4, -0.2) is 127 Å². The molecule has 17 rings (SSSR count). The Balaban J connectivity index is 0.947. The van der Waals surface area contributed by atoms with Crippen molar-refractivity contribution in [1.29, 1.82) is 0 Å².